The molecular weight excluding hydrogens is 485 g/mol. The quantitative estimate of drug-likeness (QED) is 0.249. The SMILES string of the molecule is Cc1cc(I)ccc1NC(=O)CSc1ncnc2c1cnn2-c1ccccc1. The second-order valence-corrected chi connectivity index (χ2v) is 8.31. The van der Waals surface area contributed by atoms with Gasteiger partial charge in [0.25, 0.3) is 0 Å². The minimum atomic E-state index is -0.0727. The zero-order valence-electron chi connectivity index (χ0n) is 15.0. The standard InChI is InChI=1S/C20H16IN5OS/c1-13-9-14(21)7-8-17(13)25-18(27)11-28-20-16-10-24-26(19(16)22-12-23-20)15-5-3-2-4-6-15/h2-10,12H,11H2,1H3,(H,25,27). The number of aromatic nitrogens is 4. The molecule has 4 aromatic rings. The van der Waals surface area contributed by atoms with Gasteiger partial charge in [-0.05, 0) is 65.4 Å². The van der Waals surface area contributed by atoms with Gasteiger partial charge in [0.2, 0.25) is 5.91 Å². The maximum atomic E-state index is 12.4. The summed E-state index contributed by atoms with van der Waals surface area (Å²) in [6, 6.07) is 15.7. The number of nitrogens with one attached hydrogen (secondary N) is 1. The van der Waals surface area contributed by atoms with Gasteiger partial charge in [-0.2, -0.15) is 5.10 Å². The molecule has 6 nitrogen and oxygen atoms in total. The van der Waals surface area contributed by atoms with Crippen molar-refractivity contribution in [2.75, 3.05) is 11.1 Å². The van der Waals surface area contributed by atoms with Crippen molar-refractivity contribution in [1.82, 2.24) is 19.7 Å². The number of para-hydroxylation sites is 1. The van der Waals surface area contributed by atoms with Crippen LogP contribution in [0.4, 0.5) is 5.69 Å². The zero-order chi connectivity index (χ0) is 19.5. The lowest BCUT2D eigenvalue weighted by Gasteiger charge is -2.08. The Morgan fingerprint density at radius 1 is 1.18 bits per heavy atom. The van der Waals surface area contributed by atoms with E-state index >= 15 is 0 Å². The molecule has 1 amide bonds. The first-order valence-corrected chi connectivity index (χ1v) is 10.6. The monoisotopic (exact) mass is 501 g/mol. The number of rotatable bonds is 5. The van der Waals surface area contributed by atoms with Crippen LogP contribution < -0.4 is 5.32 Å². The van der Waals surface area contributed by atoms with Gasteiger partial charge >= 0.3 is 0 Å². The van der Waals surface area contributed by atoms with Gasteiger partial charge in [0, 0.05) is 9.26 Å². The maximum absolute atomic E-state index is 12.4. The number of nitrogens with zero attached hydrogens (tertiary/aromatic N) is 4. The number of thioether (sulfide) groups is 1. The van der Waals surface area contributed by atoms with E-state index in [4.69, 9.17) is 0 Å². The van der Waals surface area contributed by atoms with Crippen LogP contribution in [-0.2, 0) is 4.79 Å². The van der Waals surface area contributed by atoms with E-state index in [9.17, 15) is 4.79 Å². The first-order valence-electron chi connectivity index (χ1n) is 8.55. The van der Waals surface area contributed by atoms with Crippen molar-refractivity contribution >= 4 is 57.0 Å². The van der Waals surface area contributed by atoms with E-state index in [-0.39, 0.29) is 11.7 Å². The Balaban J connectivity index is 1.51. The molecule has 0 spiro atoms. The number of hydrogen-bond donors (Lipinski definition) is 1. The summed E-state index contributed by atoms with van der Waals surface area (Å²) in [7, 11) is 0. The fourth-order valence-corrected chi connectivity index (χ4v) is 4.19. The third kappa shape index (κ3) is 4.02. The maximum Gasteiger partial charge on any atom is 0.234 e. The first kappa shape index (κ1) is 18.9. The van der Waals surface area contributed by atoms with Crippen LogP contribution in [0.15, 0.2) is 66.1 Å². The van der Waals surface area contributed by atoms with Crippen LogP contribution in [0, 0.1) is 10.5 Å². The van der Waals surface area contributed by atoms with Gasteiger partial charge in [0.15, 0.2) is 5.65 Å². The van der Waals surface area contributed by atoms with E-state index in [0.29, 0.717) is 0 Å². The van der Waals surface area contributed by atoms with Crippen LogP contribution in [0.1, 0.15) is 5.56 Å². The molecule has 2 aromatic heterocycles. The summed E-state index contributed by atoms with van der Waals surface area (Å²) < 4.78 is 2.91. The molecule has 0 aliphatic rings. The molecule has 2 aromatic carbocycles. The van der Waals surface area contributed by atoms with Crippen LogP contribution >= 0.6 is 34.4 Å². The normalized spacial score (nSPS) is 10.9. The topological polar surface area (TPSA) is 72.7 Å². The Hall–Kier alpha value is -2.46. The molecule has 28 heavy (non-hydrogen) atoms. The molecule has 0 saturated heterocycles. The Morgan fingerprint density at radius 2 is 2.00 bits per heavy atom. The first-order chi connectivity index (χ1) is 13.6. The summed E-state index contributed by atoms with van der Waals surface area (Å²) in [6.45, 7) is 1.98. The molecule has 0 radical (unpaired) electrons. The highest BCUT2D eigenvalue weighted by molar-refractivity contribution is 14.1. The number of carbonyl (C=O) groups is 1. The number of aryl methyl sites for hydroxylation is 1. The molecule has 0 aliphatic heterocycles. The summed E-state index contributed by atoms with van der Waals surface area (Å²) >= 11 is 3.63. The Kier molecular flexibility index (Phi) is 5.58. The molecule has 0 bridgehead atoms. The van der Waals surface area contributed by atoms with Crippen LogP contribution in [0.5, 0.6) is 0 Å². The molecule has 4 rings (SSSR count). The van der Waals surface area contributed by atoms with Gasteiger partial charge in [0.05, 0.1) is 23.0 Å². The van der Waals surface area contributed by atoms with E-state index < -0.39 is 0 Å². The lowest BCUT2D eigenvalue weighted by molar-refractivity contribution is -0.113. The second-order valence-electron chi connectivity index (χ2n) is 6.10. The minimum absolute atomic E-state index is 0.0727. The molecular formula is C20H16IN5OS. The summed E-state index contributed by atoms with van der Waals surface area (Å²) in [4.78, 5) is 21.1. The number of amides is 1. The van der Waals surface area contributed by atoms with Crippen molar-refractivity contribution in [1.29, 1.82) is 0 Å². The smallest absolute Gasteiger partial charge is 0.234 e. The van der Waals surface area contributed by atoms with E-state index in [2.05, 4.69) is 43.0 Å². The number of hydrogen-bond acceptors (Lipinski definition) is 5. The van der Waals surface area contributed by atoms with Crippen molar-refractivity contribution < 1.29 is 4.79 Å². The number of benzene rings is 2. The van der Waals surface area contributed by atoms with Crippen LogP contribution in [0.3, 0.4) is 0 Å². The molecule has 8 heteroatoms. The van der Waals surface area contributed by atoms with Crippen molar-refractivity contribution in [2.24, 2.45) is 0 Å². The molecule has 140 valence electrons. The van der Waals surface area contributed by atoms with Crippen molar-refractivity contribution in [3.8, 4) is 5.69 Å². The van der Waals surface area contributed by atoms with Gasteiger partial charge in [0.1, 0.15) is 11.4 Å². The average Bonchev–Trinajstić information content (AvgIpc) is 3.14. The molecule has 0 atom stereocenters. The average molecular weight is 501 g/mol. The Morgan fingerprint density at radius 3 is 2.79 bits per heavy atom. The van der Waals surface area contributed by atoms with Gasteiger partial charge in [-0.15, -0.1) is 0 Å². The Bertz CT molecular complexity index is 1150. The summed E-state index contributed by atoms with van der Waals surface area (Å²) in [6.07, 6.45) is 3.25. The number of fused-ring (bicyclic) bond motifs is 1. The zero-order valence-corrected chi connectivity index (χ0v) is 17.9. The van der Waals surface area contributed by atoms with Crippen molar-refractivity contribution in [2.45, 2.75) is 11.9 Å². The van der Waals surface area contributed by atoms with E-state index in [1.807, 2.05) is 55.5 Å². The van der Waals surface area contributed by atoms with E-state index in [1.54, 1.807) is 10.9 Å². The van der Waals surface area contributed by atoms with E-state index in [0.717, 1.165) is 36.6 Å². The highest BCUT2D eigenvalue weighted by atomic mass is 127. The van der Waals surface area contributed by atoms with Gasteiger partial charge < -0.3 is 5.32 Å². The molecule has 2 heterocycles. The molecule has 0 saturated carbocycles. The highest BCUT2D eigenvalue weighted by Crippen LogP contribution is 2.26. The summed E-state index contributed by atoms with van der Waals surface area (Å²) in [5.74, 6) is 0.185. The fourth-order valence-electron chi connectivity index (χ4n) is 2.78. The number of anilines is 1. The number of carbonyl (C=O) groups excluding carboxylic acids is 1. The van der Waals surface area contributed by atoms with Gasteiger partial charge in [-0.25, -0.2) is 14.6 Å². The minimum Gasteiger partial charge on any atom is -0.325 e. The van der Waals surface area contributed by atoms with Crippen molar-refractivity contribution in [3.63, 3.8) is 0 Å². The molecule has 0 unspecified atom stereocenters. The summed E-state index contributed by atoms with van der Waals surface area (Å²) in [5, 5.41) is 8.97. The Labute approximate surface area is 179 Å². The van der Waals surface area contributed by atoms with Crippen LogP contribution in [0.25, 0.3) is 16.7 Å². The second kappa shape index (κ2) is 8.27. The largest absolute Gasteiger partial charge is 0.325 e. The highest BCUT2D eigenvalue weighted by Gasteiger charge is 2.13. The predicted octanol–water partition coefficient (Wildman–Crippen LogP) is 4.46. The third-order valence-electron chi connectivity index (χ3n) is 4.13. The van der Waals surface area contributed by atoms with Crippen LogP contribution in [-0.4, -0.2) is 31.4 Å². The van der Waals surface area contributed by atoms with Crippen molar-refractivity contribution in [3.05, 3.63) is 70.2 Å². The fraction of sp³-hybridized carbons (Fsp3) is 0.100. The van der Waals surface area contributed by atoms with E-state index in [1.165, 1.54) is 18.1 Å². The summed E-state index contributed by atoms with van der Waals surface area (Å²) in [5.41, 5.74) is 3.52. The lowest BCUT2D eigenvalue weighted by atomic mass is 10.2. The molecule has 0 fully saturated rings. The van der Waals surface area contributed by atoms with Crippen LogP contribution in [0.2, 0.25) is 0 Å². The lowest BCUT2D eigenvalue weighted by Crippen LogP contribution is -2.15. The third-order valence-corrected chi connectivity index (χ3v) is 5.81. The predicted molar refractivity (Wildman–Crippen MR) is 120 cm³/mol. The number of halogens is 1. The molecule has 0 aliphatic carbocycles. The molecule has 1 N–H and O–H groups in total. The van der Waals surface area contributed by atoms with Gasteiger partial charge in [-0.1, -0.05) is 30.0 Å². The van der Waals surface area contributed by atoms with Gasteiger partial charge in [-0.3, -0.25) is 4.79 Å².